The number of pyridine rings is 1. The predicted octanol–water partition coefficient (Wildman–Crippen LogP) is 4.11. The molecule has 2 aromatic carbocycles. The monoisotopic (exact) mass is 416 g/mol. The molecule has 31 heavy (non-hydrogen) atoms. The average Bonchev–Trinajstić information content (AvgIpc) is 2.83. The molecule has 1 amide bonds. The minimum absolute atomic E-state index is 0.101. The predicted molar refractivity (Wildman–Crippen MR) is 129 cm³/mol. The quantitative estimate of drug-likeness (QED) is 0.630. The van der Waals surface area contributed by atoms with Gasteiger partial charge in [-0.25, -0.2) is 4.98 Å². The molecule has 4 rings (SSSR count). The minimum Gasteiger partial charge on any atom is -0.356 e. The van der Waals surface area contributed by atoms with Gasteiger partial charge in [0.05, 0.1) is 5.69 Å². The summed E-state index contributed by atoms with van der Waals surface area (Å²) in [5, 5.41) is 5.39. The second-order valence-electron chi connectivity index (χ2n) is 8.12. The number of fused-ring (bicyclic) bond motifs is 1. The average molecular weight is 417 g/mol. The molecular formula is C26H32N4O. The lowest BCUT2D eigenvalue weighted by molar-refractivity contribution is -0.120. The fraction of sp³-hybridized carbons (Fsp3) is 0.385. The summed E-state index contributed by atoms with van der Waals surface area (Å²) in [4.78, 5) is 21.5. The van der Waals surface area contributed by atoms with Gasteiger partial charge in [0.15, 0.2) is 0 Å². The van der Waals surface area contributed by atoms with Gasteiger partial charge in [-0.05, 0) is 30.0 Å². The van der Waals surface area contributed by atoms with Crippen LogP contribution in [0.15, 0.2) is 54.6 Å². The number of amides is 1. The summed E-state index contributed by atoms with van der Waals surface area (Å²) >= 11 is 0. The van der Waals surface area contributed by atoms with Crippen molar-refractivity contribution in [3.8, 4) is 11.3 Å². The van der Waals surface area contributed by atoms with Crippen molar-refractivity contribution in [3.63, 3.8) is 0 Å². The molecule has 5 nitrogen and oxygen atoms in total. The molecule has 1 aliphatic heterocycles. The van der Waals surface area contributed by atoms with E-state index in [0.717, 1.165) is 56.2 Å². The number of benzene rings is 2. The molecule has 0 atom stereocenters. The van der Waals surface area contributed by atoms with Crippen molar-refractivity contribution in [1.82, 2.24) is 15.2 Å². The van der Waals surface area contributed by atoms with E-state index in [1.807, 2.05) is 6.92 Å². The lowest BCUT2D eigenvalue weighted by Gasteiger charge is -2.35. The highest BCUT2D eigenvalue weighted by Crippen LogP contribution is 2.30. The van der Waals surface area contributed by atoms with Crippen molar-refractivity contribution in [2.45, 2.75) is 26.7 Å². The van der Waals surface area contributed by atoms with Crippen LogP contribution in [-0.2, 0) is 11.2 Å². The molecule has 5 heteroatoms. The standard InChI is InChI=1S/C26H32N4O/c1-3-25(31)27-14-13-20-9-11-21(12-10-20)24-19-22-7-5-6-8-23(22)26(28-24)30-17-15-29(4-2)16-18-30/h5-12,19H,3-4,13-18H2,1-2H3,(H,27,31). The van der Waals surface area contributed by atoms with E-state index in [2.05, 4.69) is 76.6 Å². The zero-order valence-corrected chi connectivity index (χ0v) is 18.6. The summed E-state index contributed by atoms with van der Waals surface area (Å²) in [6.07, 6.45) is 1.37. The van der Waals surface area contributed by atoms with E-state index >= 15 is 0 Å². The topological polar surface area (TPSA) is 48.5 Å². The van der Waals surface area contributed by atoms with Crippen LogP contribution < -0.4 is 10.2 Å². The third kappa shape index (κ3) is 5.05. The Kier molecular flexibility index (Phi) is 6.82. The van der Waals surface area contributed by atoms with E-state index in [4.69, 9.17) is 4.98 Å². The Bertz CT molecular complexity index is 1020. The molecule has 0 bridgehead atoms. The van der Waals surface area contributed by atoms with E-state index < -0.39 is 0 Å². The molecule has 1 fully saturated rings. The number of nitrogens with one attached hydrogen (secondary N) is 1. The van der Waals surface area contributed by atoms with Gasteiger partial charge in [0.2, 0.25) is 5.91 Å². The zero-order chi connectivity index (χ0) is 21.6. The normalized spacial score (nSPS) is 14.7. The summed E-state index contributed by atoms with van der Waals surface area (Å²) in [6.45, 7) is 10.1. The Morgan fingerprint density at radius 1 is 1.00 bits per heavy atom. The van der Waals surface area contributed by atoms with Crippen molar-refractivity contribution in [1.29, 1.82) is 0 Å². The number of carbonyl (C=O) groups is 1. The summed E-state index contributed by atoms with van der Waals surface area (Å²) in [5.74, 6) is 1.19. The molecular weight excluding hydrogens is 384 g/mol. The van der Waals surface area contributed by atoms with Crippen molar-refractivity contribution >= 4 is 22.5 Å². The highest BCUT2D eigenvalue weighted by molar-refractivity contribution is 5.95. The Morgan fingerprint density at radius 3 is 2.45 bits per heavy atom. The minimum atomic E-state index is 0.101. The van der Waals surface area contributed by atoms with Crippen molar-refractivity contribution in [2.24, 2.45) is 0 Å². The molecule has 0 radical (unpaired) electrons. The molecule has 1 N–H and O–H groups in total. The number of hydrogen-bond acceptors (Lipinski definition) is 4. The molecule has 0 saturated carbocycles. The first-order valence-corrected chi connectivity index (χ1v) is 11.4. The molecule has 1 aromatic heterocycles. The Morgan fingerprint density at radius 2 is 1.74 bits per heavy atom. The van der Waals surface area contributed by atoms with Crippen LogP contribution in [0.4, 0.5) is 5.82 Å². The summed E-state index contributed by atoms with van der Waals surface area (Å²) in [6, 6.07) is 19.3. The fourth-order valence-corrected chi connectivity index (χ4v) is 4.16. The second kappa shape index (κ2) is 9.92. The van der Waals surface area contributed by atoms with Crippen LogP contribution in [0.2, 0.25) is 0 Å². The van der Waals surface area contributed by atoms with E-state index in [0.29, 0.717) is 13.0 Å². The van der Waals surface area contributed by atoms with Gasteiger partial charge in [-0.1, -0.05) is 62.4 Å². The number of hydrogen-bond donors (Lipinski definition) is 1. The number of rotatable bonds is 7. The maximum absolute atomic E-state index is 11.4. The summed E-state index contributed by atoms with van der Waals surface area (Å²) in [5.41, 5.74) is 3.36. The van der Waals surface area contributed by atoms with Gasteiger partial charge in [0, 0.05) is 50.1 Å². The van der Waals surface area contributed by atoms with Gasteiger partial charge in [-0.2, -0.15) is 0 Å². The first-order valence-electron chi connectivity index (χ1n) is 11.4. The lowest BCUT2D eigenvalue weighted by atomic mass is 10.0. The molecule has 3 aromatic rings. The molecule has 1 aliphatic rings. The van der Waals surface area contributed by atoms with Crippen LogP contribution in [0.1, 0.15) is 25.8 Å². The molecule has 0 aliphatic carbocycles. The Hall–Kier alpha value is -2.92. The maximum Gasteiger partial charge on any atom is 0.219 e. The highest BCUT2D eigenvalue weighted by atomic mass is 16.1. The van der Waals surface area contributed by atoms with Gasteiger partial charge in [0.25, 0.3) is 0 Å². The number of likely N-dealkylation sites (N-methyl/N-ethyl adjacent to an activating group) is 1. The van der Waals surface area contributed by atoms with E-state index in [1.165, 1.54) is 16.3 Å². The lowest BCUT2D eigenvalue weighted by Crippen LogP contribution is -2.46. The SMILES string of the molecule is CCC(=O)NCCc1ccc(-c2cc3ccccc3c(N3CCN(CC)CC3)n2)cc1. The molecule has 2 heterocycles. The second-order valence-corrected chi connectivity index (χ2v) is 8.12. The molecule has 162 valence electrons. The van der Waals surface area contributed by atoms with Crippen LogP contribution in [0.5, 0.6) is 0 Å². The van der Waals surface area contributed by atoms with Crippen LogP contribution in [0.3, 0.4) is 0 Å². The van der Waals surface area contributed by atoms with Gasteiger partial charge in [-0.3, -0.25) is 4.79 Å². The van der Waals surface area contributed by atoms with Crippen molar-refractivity contribution in [3.05, 3.63) is 60.2 Å². The van der Waals surface area contributed by atoms with E-state index in [1.54, 1.807) is 0 Å². The smallest absolute Gasteiger partial charge is 0.219 e. The van der Waals surface area contributed by atoms with Crippen LogP contribution >= 0.6 is 0 Å². The van der Waals surface area contributed by atoms with Crippen LogP contribution in [0, 0.1) is 0 Å². The number of piperazine rings is 1. The summed E-state index contributed by atoms with van der Waals surface area (Å²) < 4.78 is 0. The zero-order valence-electron chi connectivity index (χ0n) is 18.6. The van der Waals surface area contributed by atoms with Crippen LogP contribution in [0.25, 0.3) is 22.0 Å². The van der Waals surface area contributed by atoms with Crippen molar-refractivity contribution < 1.29 is 4.79 Å². The van der Waals surface area contributed by atoms with E-state index in [9.17, 15) is 4.79 Å². The largest absolute Gasteiger partial charge is 0.356 e. The van der Waals surface area contributed by atoms with Crippen LogP contribution in [-0.4, -0.2) is 55.1 Å². The molecule has 0 unspecified atom stereocenters. The Balaban J connectivity index is 1.57. The van der Waals surface area contributed by atoms with E-state index in [-0.39, 0.29) is 5.91 Å². The van der Waals surface area contributed by atoms with Crippen molar-refractivity contribution in [2.75, 3.05) is 44.2 Å². The number of anilines is 1. The third-order valence-electron chi connectivity index (χ3n) is 6.15. The number of aromatic nitrogens is 1. The molecule has 0 spiro atoms. The number of nitrogens with zero attached hydrogens (tertiary/aromatic N) is 3. The Labute approximate surface area is 185 Å². The molecule has 1 saturated heterocycles. The van der Waals surface area contributed by atoms with Gasteiger partial charge >= 0.3 is 0 Å². The number of carbonyl (C=O) groups excluding carboxylic acids is 1. The summed E-state index contributed by atoms with van der Waals surface area (Å²) in [7, 11) is 0. The third-order valence-corrected chi connectivity index (χ3v) is 6.15. The highest BCUT2D eigenvalue weighted by Gasteiger charge is 2.19. The first kappa shape index (κ1) is 21.3. The van der Waals surface area contributed by atoms with Gasteiger partial charge in [-0.15, -0.1) is 0 Å². The maximum atomic E-state index is 11.4. The fourth-order valence-electron chi connectivity index (χ4n) is 4.16. The van der Waals surface area contributed by atoms with Gasteiger partial charge in [0.1, 0.15) is 5.82 Å². The first-order chi connectivity index (χ1) is 15.2. The van der Waals surface area contributed by atoms with Gasteiger partial charge < -0.3 is 15.1 Å².